The van der Waals surface area contributed by atoms with Gasteiger partial charge < -0.3 is 4.67 Å². The molecule has 0 bridgehead atoms. The molecule has 1 aliphatic heterocycles. The molecule has 1 nitrogen and oxygen atoms in total. The summed E-state index contributed by atoms with van der Waals surface area (Å²) < 4.78 is 2.21. The van der Waals surface area contributed by atoms with Gasteiger partial charge in [-0.05, 0) is 54.3 Å². The molecule has 0 aliphatic carbocycles. The maximum Gasteiger partial charge on any atom is 0.0564 e. The van der Waals surface area contributed by atoms with E-state index in [-0.39, 0.29) is 5.54 Å². The van der Waals surface area contributed by atoms with Crippen molar-refractivity contribution >= 4 is 9.39 Å². The summed E-state index contributed by atoms with van der Waals surface area (Å²) in [5.41, 5.74) is 3.86. The molecule has 1 heterocycles. The highest BCUT2D eigenvalue weighted by Gasteiger charge is 2.29. The van der Waals surface area contributed by atoms with Gasteiger partial charge in [-0.2, -0.15) is 0 Å². The minimum atomic E-state index is 0.0378. The van der Waals surface area contributed by atoms with Gasteiger partial charge >= 0.3 is 0 Å². The first-order valence-corrected chi connectivity index (χ1v) is 5.70. The van der Waals surface area contributed by atoms with Crippen LogP contribution in [-0.2, 0) is 0 Å². The maximum atomic E-state index is 3.77. The molecule has 0 saturated carbocycles. The normalized spacial score (nSPS) is 25.7. The average Bonchev–Trinajstić information content (AvgIpc) is 2.14. The predicted octanol–water partition coefficient (Wildman–Crippen LogP) is 3.83. The summed E-state index contributed by atoms with van der Waals surface area (Å²) in [6.45, 7) is 12.4. The van der Waals surface area contributed by atoms with E-state index in [0.717, 1.165) is 0 Å². The largest absolute Gasteiger partial charge is 0.347 e. The fourth-order valence-corrected chi connectivity index (χ4v) is 2.28. The summed E-state index contributed by atoms with van der Waals surface area (Å²) in [5, 5.41) is 0. The zero-order valence-electron chi connectivity index (χ0n) is 10.0. The third-order valence-electron chi connectivity index (χ3n) is 2.72. The molecule has 0 saturated heterocycles. The van der Waals surface area contributed by atoms with Crippen molar-refractivity contribution in [3.05, 3.63) is 47.7 Å². The number of hydrogen-bond donors (Lipinski definition) is 0. The molecule has 1 aliphatic rings. The van der Waals surface area contributed by atoms with Gasteiger partial charge in [-0.25, -0.2) is 0 Å². The lowest BCUT2D eigenvalue weighted by Gasteiger charge is -2.42. The van der Waals surface area contributed by atoms with Crippen LogP contribution in [0.3, 0.4) is 0 Å². The molecule has 0 aromatic carbocycles. The molecule has 2 heteroatoms. The van der Waals surface area contributed by atoms with Gasteiger partial charge in [0.25, 0.3) is 0 Å². The van der Waals surface area contributed by atoms with Crippen LogP contribution in [0.25, 0.3) is 0 Å². The molecule has 0 N–H and O–H groups in total. The van der Waals surface area contributed by atoms with Crippen molar-refractivity contribution in [1.29, 1.82) is 0 Å². The van der Waals surface area contributed by atoms with Crippen LogP contribution < -0.4 is 0 Å². The minimum absolute atomic E-state index is 0.0378. The van der Waals surface area contributed by atoms with Crippen molar-refractivity contribution in [2.24, 2.45) is 0 Å². The van der Waals surface area contributed by atoms with E-state index in [4.69, 9.17) is 0 Å². The molecule has 0 aromatic heterocycles. The Morgan fingerprint density at radius 2 is 2.07 bits per heavy atom. The van der Waals surface area contributed by atoms with Crippen LogP contribution in [0.5, 0.6) is 0 Å². The molecule has 0 aromatic rings. The third-order valence-corrected chi connectivity index (χ3v) is 3.66. The Morgan fingerprint density at radius 3 is 2.53 bits per heavy atom. The molecule has 0 radical (unpaired) electrons. The van der Waals surface area contributed by atoms with Gasteiger partial charge in [0.05, 0.1) is 5.54 Å². The summed E-state index contributed by atoms with van der Waals surface area (Å²) in [4.78, 5) is 0. The van der Waals surface area contributed by atoms with Crippen molar-refractivity contribution in [1.82, 2.24) is 4.67 Å². The first-order chi connectivity index (χ1) is 6.94. The number of rotatable bonds is 1. The van der Waals surface area contributed by atoms with E-state index in [1.807, 2.05) is 6.08 Å². The Labute approximate surface area is 95.5 Å². The Balaban J connectivity index is 3.34. The SMILES string of the molecule is C=CC=C1/C(=C\C)C(C)=CC(C)(C)N1P. The second kappa shape index (κ2) is 4.37. The summed E-state index contributed by atoms with van der Waals surface area (Å²) in [6, 6.07) is 0. The molecule has 0 fully saturated rings. The lowest BCUT2D eigenvalue weighted by Crippen LogP contribution is -2.38. The Hall–Kier alpha value is -0.810. The van der Waals surface area contributed by atoms with E-state index in [1.54, 1.807) is 0 Å². The van der Waals surface area contributed by atoms with E-state index < -0.39 is 0 Å². The zero-order chi connectivity index (χ0) is 11.6. The first-order valence-electron chi connectivity index (χ1n) is 5.18. The van der Waals surface area contributed by atoms with Crippen LogP contribution in [0.2, 0.25) is 0 Å². The summed E-state index contributed by atoms with van der Waals surface area (Å²) in [6.07, 6.45) is 8.33. The summed E-state index contributed by atoms with van der Waals surface area (Å²) in [7, 11) is 2.79. The van der Waals surface area contributed by atoms with Crippen molar-refractivity contribution in [3.8, 4) is 0 Å². The third kappa shape index (κ3) is 2.23. The molecule has 15 heavy (non-hydrogen) atoms. The summed E-state index contributed by atoms with van der Waals surface area (Å²) >= 11 is 0. The average molecular weight is 221 g/mol. The van der Waals surface area contributed by atoms with Crippen LogP contribution in [0, 0.1) is 0 Å². The van der Waals surface area contributed by atoms with Gasteiger partial charge in [0.1, 0.15) is 0 Å². The number of hydrogen-bond acceptors (Lipinski definition) is 1. The van der Waals surface area contributed by atoms with Crippen LogP contribution in [-0.4, -0.2) is 10.2 Å². The molecule has 0 amide bonds. The lowest BCUT2D eigenvalue weighted by molar-refractivity contribution is 0.363. The quantitative estimate of drug-likeness (QED) is 0.608. The highest BCUT2D eigenvalue weighted by Crippen LogP contribution is 2.38. The van der Waals surface area contributed by atoms with Crippen molar-refractivity contribution in [2.45, 2.75) is 33.2 Å². The monoisotopic (exact) mass is 221 g/mol. The van der Waals surface area contributed by atoms with Gasteiger partial charge in [-0.3, -0.25) is 0 Å². The minimum Gasteiger partial charge on any atom is -0.347 e. The van der Waals surface area contributed by atoms with Crippen LogP contribution in [0.15, 0.2) is 47.7 Å². The van der Waals surface area contributed by atoms with E-state index in [2.05, 4.69) is 66.6 Å². The highest BCUT2D eigenvalue weighted by atomic mass is 31.0. The fraction of sp³-hybridized carbons (Fsp3) is 0.385. The lowest BCUT2D eigenvalue weighted by atomic mass is 9.89. The standard InChI is InChI=1S/C13H20NP/c1-6-8-12-11(7-2)10(3)9-13(4,5)14(12)15/h6-9H,1,15H2,2-5H3/b11-7-,12-8?. The fourth-order valence-electron chi connectivity index (χ4n) is 1.98. The Kier molecular flexibility index (Phi) is 3.57. The van der Waals surface area contributed by atoms with E-state index >= 15 is 0 Å². The van der Waals surface area contributed by atoms with Crippen molar-refractivity contribution in [3.63, 3.8) is 0 Å². The number of nitrogens with zero attached hydrogens (tertiary/aromatic N) is 1. The van der Waals surface area contributed by atoms with Gasteiger partial charge in [0, 0.05) is 5.70 Å². The van der Waals surface area contributed by atoms with Gasteiger partial charge in [-0.15, -0.1) is 0 Å². The molecule has 1 atom stereocenters. The molecular formula is C13H20NP. The van der Waals surface area contributed by atoms with Crippen LogP contribution >= 0.6 is 9.39 Å². The van der Waals surface area contributed by atoms with Crippen molar-refractivity contribution < 1.29 is 0 Å². The second-order valence-electron chi connectivity index (χ2n) is 4.34. The molecular weight excluding hydrogens is 201 g/mol. The van der Waals surface area contributed by atoms with Gasteiger partial charge in [0.15, 0.2) is 0 Å². The van der Waals surface area contributed by atoms with Crippen LogP contribution in [0.4, 0.5) is 0 Å². The molecule has 0 spiro atoms. The first kappa shape index (κ1) is 12.3. The smallest absolute Gasteiger partial charge is 0.0564 e. The Bertz CT molecular complexity index is 359. The predicted molar refractivity (Wildman–Crippen MR) is 71.4 cm³/mol. The highest BCUT2D eigenvalue weighted by molar-refractivity contribution is 7.13. The van der Waals surface area contributed by atoms with Gasteiger partial charge in [-0.1, -0.05) is 24.8 Å². The summed E-state index contributed by atoms with van der Waals surface area (Å²) in [5.74, 6) is 0. The molecule has 82 valence electrons. The second-order valence-corrected chi connectivity index (χ2v) is 4.86. The zero-order valence-corrected chi connectivity index (χ0v) is 11.2. The maximum absolute atomic E-state index is 3.77. The molecule has 1 rings (SSSR count). The van der Waals surface area contributed by atoms with E-state index in [0.29, 0.717) is 0 Å². The Morgan fingerprint density at radius 1 is 1.47 bits per heavy atom. The van der Waals surface area contributed by atoms with Crippen LogP contribution in [0.1, 0.15) is 27.7 Å². The van der Waals surface area contributed by atoms with Crippen molar-refractivity contribution in [2.75, 3.05) is 0 Å². The van der Waals surface area contributed by atoms with E-state index in [1.165, 1.54) is 16.8 Å². The topological polar surface area (TPSA) is 3.24 Å². The molecule has 1 unspecified atom stereocenters. The van der Waals surface area contributed by atoms with E-state index in [9.17, 15) is 0 Å². The number of allylic oxidation sites excluding steroid dienone is 4. The van der Waals surface area contributed by atoms with Gasteiger partial charge in [0.2, 0.25) is 0 Å².